The number of carboxylic acids is 1. The highest BCUT2D eigenvalue weighted by molar-refractivity contribution is 5.87. The average Bonchev–Trinajstić information content (AvgIpc) is 2.50. The fourth-order valence-electron chi connectivity index (χ4n) is 2.22. The van der Waals surface area contributed by atoms with Gasteiger partial charge in [0.25, 0.3) is 0 Å². The monoisotopic (exact) mass is 348 g/mol. The molecule has 2 rings (SSSR count). The van der Waals surface area contributed by atoms with E-state index in [0.29, 0.717) is 0 Å². The van der Waals surface area contributed by atoms with Crippen LogP contribution in [0.15, 0.2) is 18.6 Å². The van der Waals surface area contributed by atoms with Crippen LogP contribution in [0.3, 0.4) is 0 Å². The summed E-state index contributed by atoms with van der Waals surface area (Å²) in [6, 6.07) is 0. The number of hydrogen-bond acceptors (Lipinski definition) is 5. The van der Waals surface area contributed by atoms with Gasteiger partial charge in [-0.25, -0.2) is 4.79 Å². The number of carbonyl (C=O) groups excluding carboxylic acids is 1. The lowest BCUT2D eigenvalue weighted by molar-refractivity contribution is -0.192. The molecule has 1 aliphatic rings. The van der Waals surface area contributed by atoms with Crippen molar-refractivity contribution >= 4 is 11.9 Å². The summed E-state index contributed by atoms with van der Waals surface area (Å²) in [5, 5.41) is 13.1. The topological polar surface area (TPSA) is 104 Å². The van der Waals surface area contributed by atoms with Crippen molar-refractivity contribution in [2.75, 3.05) is 13.6 Å². The van der Waals surface area contributed by atoms with Crippen molar-refractivity contribution in [3.8, 4) is 0 Å². The number of nitrogens with one attached hydrogen (secondary N) is 2. The highest BCUT2D eigenvalue weighted by Crippen LogP contribution is 2.25. The molecule has 10 heteroatoms. The van der Waals surface area contributed by atoms with Crippen LogP contribution in [0.2, 0.25) is 0 Å². The second-order valence-corrected chi connectivity index (χ2v) is 5.19. The van der Waals surface area contributed by atoms with Gasteiger partial charge in [0.05, 0.1) is 11.2 Å². The molecule has 7 nitrogen and oxygen atoms in total. The summed E-state index contributed by atoms with van der Waals surface area (Å²) < 4.78 is 31.7. The number of carbonyl (C=O) groups is 2. The first-order chi connectivity index (χ1) is 11.2. The lowest BCUT2D eigenvalue weighted by Gasteiger charge is -2.41. The number of aromatic nitrogens is 2. The number of hydrogen-bond donors (Lipinski definition) is 3. The standard InChI is InChI=1S/C12H18N4O.C2HF3O2/c1-13-11(17)12(5-6-16-12)4-2-3-10-9-14-7-8-15-10;3-2(4,5)1(6)7/h7-9,16H,2-6H2,1H3,(H,13,17);(H,6,7). The van der Waals surface area contributed by atoms with Crippen LogP contribution in [-0.2, 0) is 16.0 Å². The molecule has 134 valence electrons. The van der Waals surface area contributed by atoms with Crippen LogP contribution in [0.4, 0.5) is 13.2 Å². The fourth-order valence-corrected chi connectivity index (χ4v) is 2.22. The molecule has 0 bridgehead atoms. The van der Waals surface area contributed by atoms with Gasteiger partial charge < -0.3 is 15.7 Å². The Morgan fingerprint density at radius 3 is 2.42 bits per heavy atom. The summed E-state index contributed by atoms with van der Waals surface area (Å²) in [4.78, 5) is 28.9. The second kappa shape index (κ2) is 8.57. The highest BCUT2D eigenvalue weighted by Gasteiger charge is 2.42. The van der Waals surface area contributed by atoms with E-state index in [1.807, 2.05) is 0 Å². The van der Waals surface area contributed by atoms with E-state index in [0.717, 1.165) is 37.9 Å². The summed E-state index contributed by atoms with van der Waals surface area (Å²) in [5.74, 6) is -2.66. The van der Waals surface area contributed by atoms with Gasteiger partial charge in [-0.2, -0.15) is 13.2 Å². The van der Waals surface area contributed by atoms with Crippen molar-refractivity contribution in [1.82, 2.24) is 20.6 Å². The van der Waals surface area contributed by atoms with Crippen molar-refractivity contribution in [2.45, 2.75) is 37.4 Å². The van der Waals surface area contributed by atoms with Crippen LogP contribution in [0.1, 0.15) is 25.0 Å². The summed E-state index contributed by atoms with van der Waals surface area (Å²) in [5.41, 5.74) is 0.649. The Kier molecular flexibility index (Phi) is 7.08. The number of aliphatic carboxylic acids is 1. The van der Waals surface area contributed by atoms with Gasteiger partial charge in [-0.05, 0) is 32.2 Å². The van der Waals surface area contributed by atoms with Crippen LogP contribution in [0.5, 0.6) is 0 Å². The maximum atomic E-state index is 11.8. The maximum absolute atomic E-state index is 11.8. The van der Waals surface area contributed by atoms with Gasteiger partial charge in [0.1, 0.15) is 0 Å². The van der Waals surface area contributed by atoms with Gasteiger partial charge in [0, 0.05) is 25.6 Å². The zero-order chi connectivity index (χ0) is 18.2. The Hall–Kier alpha value is -2.23. The minimum absolute atomic E-state index is 0.0999. The van der Waals surface area contributed by atoms with Crippen molar-refractivity contribution in [1.29, 1.82) is 0 Å². The SMILES string of the molecule is CNC(=O)C1(CCCc2cnccn2)CCN1.O=C(O)C(F)(F)F. The summed E-state index contributed by atoms with van der Waals surface area (Å²) in [7, 11) is 1.69. The molecule has 1 aromatic rings. The van der Waals surface area contributed by atoms with Crippen LogP contribution >= 0.6 is 0 Å². The first kappa shape index (κ1) is 19.8. The third-order valence-electron chi connectivity index (χ3n) is 3.57. The quantitative estimate of drug-likeness (QED) is 0.731. The van der Waals surface area contributed by atoms with Crippen molar-refractivity contribution < 1.29 is 27.9 Å². The molecule has 0 aliphatic carbocycles. The van der Waals surface area contributed by atoms with Crippen LogP contribution in [0, 0.1) is 0 Å². The van der Waals surface area contributed by atoms with Crippen LogP contribution < -0.4 is 10.6 Å². The van der Waals surface area contributed by atoms with Gasteiger partial charge in [-0.15, -0.1) is 0 Å². The number of amides is 1. The van der Waals surface area contributed by atoms with Crippen molar-refractivity contribution in [3.05, 3.63) is 24.3 Å². The Labute approximate surface area is 136 Å². The molecule has 0 spiro atoms. The van der Waals surface area contributed by atoms with E-state index in [-0.39, 0.29) is 11.4 Å². The predicted octanol–water partition coefficient (Wildman–Crippen LogP) is 0.911. The second-order valence-electron chi connectivity index (χ2n) is 5.19. The molecule has 3 N–H and O–H groups in total. The molecule has 1 aromatic heterocycles. The number of halogens is 3. The van der Waals surface area contributed by atoms with Crippen molar-refractivity contribution in [3.63, 3.8) is 0 Å². The van der Waals surface area contributed by atoms with Gasteiger partial charge in [0.2, 0.25) is 5.91 Å². The molecule has 1 amide bonds. The van der Waals surface area contributed by atoms with E-state index in [2.05, 4.69) is 20.6 Å². The van der Waals surface area contributed by atoms with Gasteiger partial charge in [0.15, 0.2) is 0 Å². The summed E-state index contributed by atoms with van der Waals surface area (Å²) >= 11 is 0. The minimum atomic E-state index is -5.08. The highest BCUT2D eigenvalue weighted by atomic mass is 19.4. The van der Waals surface area contributed by atoms with Crippen molar-refractivity contribution in [2.24, 2.45) is 0 Å². The van der Waals surface area contributed by atoms with E-state index < -0.39 is 12.1 Å². The van der Waals surface area contributed by atoms with E-state index in [1.165, 1.54) is 0 Å². The molecule has 2 heterocycles. The zero-order valence-corrected chi connectivity index (χ0v) is 13.1. The molecule has 0 saturated carbocycles. The number of rotatable bonds is 5. The molecule has 1 unspecified atom stereocenters. The average molecular weight is 348 g/mol. The molecule has 1 fully saturated rings. The largest absolute Gasteiger partial charge is 0.490 e. The molecule has 0 aromatic carbocycles. The van der Waals surface area contributed by atoms with E-state index in [9.17, 15) is 18.0 Å². The fraction of sp³-hybridized carbons (Fsp3) is 0.571. The molecular formula is C14H19F3N4O3. The lowest BCUT2D eigenvalue weighted by Crippen LogP contribution is -2.65. The third-order valence-corrected chi connectivity index (χ3v) is 3.57. The Balaban J connectivity index is 0.000000351. The molecule has 1 saturated heterocycles. The number of likely N-dealkylation sites (N-methyl/N-ethyl adjacent to an activating group) is 1. The number of nitrogens with zero attached hydrogens (tertiary/aromatic N) is 2. The maximum Gasteiger partial charge on any atom is 0.490 e. The minimum Gasteiger partial charge on any atom is -0.475 e. The number of aryl methyl sites for hydroxylation is 1. The number of carboxylic acid groups (broad SMARTS) is 1. The Morgan fingerprint density at radius 1 is 1.42 bits per heavy atom. The lowest BCUT2D eigenvalue weighted by atomic mass is 9.82. The molecule has 24 heavy (non-hydrogen) atoms. The van der Waals surface area contributed by atoms with E-state index in [1.54, 1.807) is 25.6 Å². The summed E-state index contributed by atoms with van der Waals surface area (Å²) in [6.45, 7) is 0.929. The first-order valence-corrected chi connectivity index (χ1v) is 7.23. The van der Waals surface area contributed by atoms with E-state index >= 15 is 0 Å². The van der Waals surface area contributed by atoms with Crippen LogP contribution in [0.25, 0.3) is 0 Å². The summed E-state index contributed by atoms with van der Waals surface area (Å²) in [6.07, 6.45) is 3.65. The predicted molar refractivity (Wildman–Crippen MR) is 78.1 cm³/mol. The Morgan fingerprint density at radius 2 is 2.04 bits per heavy atom. The van der Waals surface area contributed by atoms with Crippen LogP contribution in [-0.4, -0.2) is 52.3 Å². The molecule has 1 aliphatic heterocycles. The van der Waals surface area contributed by atoms with Gasteiger partial charge in [-0.1, -0.05) is 0 Å². The molecular weight excluding hydrogens is 329 g/mol. The molecule has 1 atom stereocenters. The van der Waals surface area contributed by atoms with Gasteiger partial charge >= 0.3 is 12.1 Å². The molecule has 0 radical (unpaired) electrons. The van der Waals surface area contributed by atoms with Gasteiger partial charge in [-0.3, -0.25) is 14.8 Å². The third kappa shape index (κ3) is 5.76. The first-order valence-electron chi connectivity index (χ1n) is 7.23. The Bertz CT molecular complexity index is 548. The zero-order valence-electron chi connectivity index (χ0n) is 13.1. The smallest absolute Gasteiger partial charge is 0.475 e. The normalized spacial score (nSPS) is 19.5. The number of alkyl halides is 3. The van der Waals surface area contributed by atoms with E-state index in [4.69, 9.17) is 9.90 Å².